The van der Waals surface area contributed by atoms with Crippen LogP contribution in [0.5, 0.6) is 5.75 Å². The lowest BCUT2D eigenvalue weighted by Crippen LogP contribution is -2.40. The number of carbonyl (C=O) groups is 2. The molecule has 0 saturated heterocycles. The Morgan fingerprint density at radius 2 is 1.95 bits per heavy atom. The molecule has 0 bridgehead atoms. The third kappa shape index (κ3) is 4.46. The van der Waals surface area contributed by atoms with E-state index in [0.29, 0.717) is 0 Å². The molecule has 0 aliphatic heterocycles. The normalized spacial score (nSPS) is 11.3. The zero-order valence-corrected chi connectivity index (χ0v) is 11.1. The molecule has 0 aromatic heterocycles. The van der Waals surface area contributed by atoms with E-state index < -0.39 is 11.8 Å². The van der Waals surface area contributed by atoms with E-state index in [0.717, 1.165) is 11.3 Å². The second-order valence-corrected chi connectivity index (χ2v) is 3.97. The number of rotatable bonds is 5. The molecule has 1 aromatic rings. The van der Waals surface area contributed by atoms with Crippen molar-refractivity contribution in [2.75, 3.05) is 13.7 Å². The number of ether oxygens (including phenoxy) is 1. The van der Waals surface area contributed by atoms with Crippen LogP contribution in [0, 0.1) is 0 Å². The maximum Gasteiger partial charge on any atom is 0.309 e. The first kappa shape index (κ1) is 14.8. The lowest BCUT2D eigenvalue weighted by molar-refractivity contribution is -0.139. The summed E-state index contributed by atoms with van der Waals surface area (Å²) in [5, 5.41) is 5.03. The van der Waals surface area contributed by atoms with Crippen molar-refractivity contribution in [3.8, 4) is 5.75 Å². The van der Waals surface area contributed by atoms with Crippen LogP contribution in [0.3, 0.4) is 0 Å². The van der Waals surface area contributed by atoms with Crippen molar-refractivity contribution in [2.24, 2.45) is 0 Å². The van der Waals surface area contributed by atoms with E-state index in [2.05, 4.69) is 17.2 Å². The summed E-state index contributed by atoms with van der Waals surface area (Å²) in [5.74, 6) is -0.587. The minimum absolute atomic E-state index is 0.257. The molecule has 0 unspecified atom stereocenters. The average molecular weight is 262 g/mol. The molecule has 5 nitrogen and oxygen atoms in total. The number of benzene rings is 1. The molecule has 5 heteroatoms. The topological polar surface area (TPSA) is 67.4 Å². The van der Waals surface area contributed by atoms with Gasteiger partial charge in [-0.3, -0.25) is 9.59 Å². The van der Waals surface area contributed by atoms with Gasteiger partial charge in [0.25, 0.3) is 0 Å². The summed E-state index contributed by atoms with van der Waals surface area (Å²) in [4.78, 5) is 23.0. The number of hydrogen-bond acceptors (Lipinski definition) is 3. The van der Waals surface area contributed by atoms with Gasteiger partial charge >= 0.3 is 11.8 Å². The highest BCUT2D eigenvalue weighted by Gasteiger charge is 2.16. The fourth-order valence-corrected chi connectivity index (χ4v) is 1.48. The van der Waals surface area contributed by atoms with Crippen molar-refractivity contribution < 1.29 is 14.3 Å². The fourth-order valence-electron chi connectivity index (χ4n) is 1.48. The van der Waals surface area contributed by atoms with Gasteiger partial charge in [0.05, 0.1) is 13.2 Å². The molecule has 2 N–H and O–H groups in total. The molecule has 0 aliphatic carbocycles. The third-order valence-corrected chi connectivity index (χ3v) is 2.58. The van der Waals surface area contributed by atoms with Crippen LogP contribution >= 0.6 is 0 Å². The first-order chi connectivity index (χ1) is 9.08. The SMILES string of the molecule is C=CCNC(=O)C(=O)N[C@@H](C)c1ccc(OC)cc1. The highest BCUT2D eigenvalue weighted by Crippen LogP contribution is 2.16. The van der Waals surface area contributed by atoms with Crippen molar-refractivity contribution >= 4 is 11.8 Å². The standard InChI is InChI=1S/C14H18N2O3/c1-4-9-15-13(17)14(18)16-10(2)11-5-7-12(19-3)8-6-11/h4-8,10H,1,9H2,2-3H3,(H,15,17)(H,16,18)/t10-/m0/s1. The van der Waals surface area contributed by atoms with Gasteiger partial charge < -0.3 is 15.4 Å². The summed E-state index contributed by atoms with van der Waals surface area (Å²) in [5.41, 5.74) is 0.894. The summed E-state index contributed by atoms with van der Waals surface area (Å²) < 4.78 is 5.05. The van der Waals surface area contributed by atoms with Crippen molar-refractivity contribution in [2.45, 2.75) is 13.0 Å². The summed E-state index contributed by atoms with van der Waals surface area (Å²) >= 11 is 0. The summed E-state index contributed by atoms with van der Waals surface area (Å²) in [6.45, 7) is 5.53. The van der Waals surface area contributed by atoms with Crippen molar-refractivity contribution in [3.63, 3.8) is 0 Å². The van der Waals surface area contributed by atoms with Gasteiger partial charge in [-0.2, -0.15) is 0 Å². The van der Waals surface area contributed by atoms with Gasteiger partial charge in [0.1, 0.15) is 5.75 Å². The first-order valence-electron chi connectivity index (χ1n) is 5.92. The Bertz CT molecular complexity index is 454. The number of carbonyl (C=O) groups excluding carboxylic acids is 2. The van der Waals surface area contributed by atoms with Gasteiger partial charge in [0.15, 0.2) is 0 Å². The van der Waals surface area contributed by atoms with E-state index in [1.807, 2.05) is 12.1 Å². The molecule has 1 rings (SSSR count). The molecule has 0 aliphatic rings. The van der Waals surface area contributed by atoms with Crippen LogP contribution in [-0.2, 0) is 9.59 Å². The van der Waals surface area contributed by atoms with E-state index in [1.165, 1.54) is 6.08 Å². The second-order valence-electron chi connectivity index (χ2n) is 3.97. The lowest BCUT2D eigenvalue weighted by Gasteiger charge is -2.14. The summed E-state index contributed by atoms with van der Waals surface area (Å²) in [7, 11) is 1.59. The molecule has 1 aromatic carbocycles. The van der Waals surface area contributed by atoms with Crippen LogP contribution in [0.15, 0.2) is 36.9 Å². The number of nitrogens with one attached hydrogen (secondary N) is 2. The van der Waals surface area contributed by atoms with Crippen LogP contribution in [0.25, 0.3) is 0 Å². The zero-order chi connectivity index (χ0) is 14.3. The molecule has 0 radical (unpaired) electrons. The zero-order valence-electron chi connectivity index (χ0n) is 11.1. The van der Waals surface area contributed by atoms with Crippen molar-refractivity contribution in [1.82, 2.24) is 10.6 Å². The largest absolute Gasteiger partial charge is 0.497 e. The number of hydrogen-bond donors (Lipinski definition) is 2. The van der Waals surface area contributed by atoms with E-state index in [-0.39, 0.29) is 12.6 Å². The molecule has 0 saturated carbocycles. The quantitative estimate of drug-likeness (QED) is 0.618. The van der Waals surface area contributed by atoms with Gasteiger partial charge in [-0.25, -0.2) is 0 Å². The Kier molecular flexibility index (Phi) is 5.60. The van der Waals surface area contributed by atoms with Crippen LogP contribution in [0.2, 0.25) is 0 Å². The van der Waals surface area contributed by atoms with E-state index in [4.69, 9.17) is 4.74 Å². The van der Waals surface area contributed by atoms with Crippen LogP contribution < -0.4 is 15.4 Å². The van der Waals surface area contributed by atoms with Gasteiger partial charge in [0, 0.05) is 6.54 Å². The van der Waals surface area contributed by atoms with E-state index >= 15 is 0 Å². The summed E-state index contributed by atoms with van der Waals surface area (Å²) in [6, 6.07) is 7.02. The highest BCUT2D eigenvalue weighted by atomic mass is 16.5. The Balaban J connectivity index is 2.57. The predicted molar refractivity (Wildman–Crippen MR) is 72.8 cm³/mol. The molecular formula is C14H18N2O3. The van der Waals surface area contributed by atoms with Crippen LogP contribution in [0.4, 0.5) is 0 Å². The Morgan fingerprint density at radius 1 is 1.32 bits per heavy atom. The lowest BCUT2D eigenvalue weighted by atomic mass is 10.1. The molecule has 0 fully saturated rings. The fraction of sp³-hybridized carbons (Fsp3) is 0.286. The average Bonchev–Trinajstić information content (AvgIpc) is 2.44. The molecule has 102 valence electrons. The molecule has 2 amide bonds. The van der Waals surface area contributed by atoms with E-state index in [1.54, 1.807) is 26.2 Å². The smallest absolute Gasteiger partial charge is 0.309 e. The Labute approximate surface area is 112 Å². The van der Waals surface area contributed by atoms with Crippen LogP contribution in [0.1, 0.15) is 18.5 Å². The number of amides is 2. The molecule has 1 atom stereocenters. The van der Waals surface area contributed by atoms with Crippen molar-refractivity contribution in [1.29, 1.82) is 0 Å². The van der Waals surface area contributed by atoms with Gasteiger partial charge in [0.2, 0.25) is 0 Å². The predicted octanol–water partition coefficient (Wildman–Crippen LogP) is 1.17. The Hall–Kier alpha value is -2.30. The molecular weight excluding hydrogens is 244 g/mol. The molecule has 0 heterocycles. The van der Waals surface area contributed by atoms with Gasteiger partial charge in [-0.1, -0.05) is 18.2 Å². The second kappa shape index (κ2) is 7.20. The Morgan fingerprint density at radius 3 is 2.47 bits per heavy atom. The monoisotopic (exact) mass is 262 g/mol. The van der Waals surface area contributed by atoms with Gasteiger partial charge in [-0.05, 0) is 24.6 Å². The third-order valence-electron chi connectivity index (χ3n) is 2.58. The minimum Gasteiger partial charge on any atom is -0.497 e. The molecule has 19 heavy (non-hydrogen) atoms. The first-order valence-corrected chi connectivity index (χ1v) is 5.92. The maximum absolute atomic E-state index is 11.6. The molecule has 0 spiro atoms. The maximum atomic E-state index is 11.6. The van der Waals surface area contributed by atoms with Gasteiger partial charge in [-0.15, -0.1) is 6.58 Å². The highest BCUT2D eigenvalue weighted by molar-refractivity contribution is 6.35. The van der Waals surface area contributed by atoms with Crippen molar-refractivity contribution in [3.05, 3.63) is 42.5 Å². The minimum atomic E-state index is -0.666. The van der Waals surface area contributed by atoms with Crippen LogP contribution in [-0.4, -0.2) is 25.5 Å². The number of methoxy groups -OCH3 is 1. The van der Waals surface area contributed by atoms with E-state index in [9.17, 15) is 9.59 Å². The summed E-state index contributed by atoms with van der Waals surface area (Å²) in [6.07, 6.45) is 1.51.